The Bertz CT molecular complexity index is 1500. The van der Waals surface area contributed by atoms with Gasteiger partial charge in [-0.25, -0.2) is 24.7 Å². The van der Waals surface area contributed by atoms with E-state index < -0.39 is 5.60 Å². The standard InChI is InChI=1S/C29H35N9O2/c1-29(2,3)40-28(39)38-12-10-37(11-13-38)17-19-8-9-30-25(14-19)36-27-34-22-7-4-20(15-24(22)35-27)23-16-26(32-18-31-23)33-21-5-6-21/h4,7-9,14-16,18,21H,5-6,10-13,17H2,1-3H3,(H,31,32,33)(H2,30,34,35,36). The number of piperazine rings is 1. The molecule has 0 unspecified atom stereocenters. The predicted octanol–water partition coefficient (Wildman–Crippen LogP) is 4.79. The minimum Gasteiger partial charge on any atom is -0.444 e. The van der Waals surface area contributed by atoms with Crippen LogP contribution in [0.3, 0.4) is 0 Å². The first-order chi connectivity index (χ1) is 19.3. The van der Waals surface area contributed by atoms with Crippen molar-refractivity contribution in [1.29, 1.82) is 0 Å². The molecule has 1 saturated carbocycles. The smallest absolute Gasteiger partial charge is 0.410 e. The van der Waals surface area contributed by atoms with E-state index in [1.807, 2.05) is 51.1 Å². The predicted molar refractivity (Wildman–Crippen MR) is 154 cm³/mol. The average Bonchev–Trinajstić information content (AvgIpc) is 3.64. The molecule has 40 heavy (non-hydrogen) atoms. The second-order valence-corrected chi connectivity index (χ2v) is 11.4. The van der Waals surface area contributed by atoms with E-state index in [2.05, 4.69) is 41.5 Å². The number of ether oxygens (including phenoxy) is 1. The summed E-state index contributed by atoms with van der Waals surface area (Å²) in [5, 5.41) is 6.74. The summed E-state index contributed by atoms with van der Waals surface area (Å²) in [4.78, 5) is 37.8. The number of nitrogens with one attached hydrogen (secondary N) is 3. The largest absolute Gasteiger partial charge is 0.444 e. The van der Waals surface area contributed by atoms with E-state index in [9.17, 15) is 4.79 Å². The van der Waals surface area contributed by atoms with Crippen molar-refractivity contribution in [1.82, 2.24) is 34.7 Å². The third-order valence-electron chi connectivity index (χ3n) is 6.88. The van der Waals surface area contributed by atoms with Crippen molar-refractivity contribution in [2.24, 2.45) is 0 Å². The van der Waals surface area contributed by atoms with Crippen molar-refractivity contribution in [2.75, 3.05) is 36.8 Å². The Labute approximate surface area is 233 Å². The van der Waals surface area contributed by atoms with Gasteiger partial charge in [0.05, 0.1) is 16.7 Å². The van der Waals surface area contributed by atoms with Crippen LogP contribution in [0.25, 0.3) is 22.3 Å². The molecule has 208 valence electrons. The van der Waals surface area contributed by atoms with Gasteiger partial charge >= 0.3 is 6.09 Å². The zero-order valence-electron chi connectivity index (χ0n) is 23.1. The topological polar surface area (TPSA) is 124 Å². The van der Waals surface area contributed by atoms with Gasteiger partial charge in [0.2, 0.25) is 5.95 Å². The van der Waals surface area contributed by atoms with E-state index in [1.54, 1.807) is 17.4 Å². The summed E-state index contributed by atoms with van der Waals surface area (Å²) < 4.78 is 5.51. The number of hydrogen-bond donors (Lipinski definition) is 3. The maximum Gasteiger partial charge on any atom is 0.410 e. The fourth-order valence-corrected chi connectivity index (χ4v) is 4.69. The molecule has 0 radical (unpaired) electrons. The fourth-order valence-electron chi connectivity index (χ4n) is 4.69. The highest BCUT2D eigenvalue weighted by Crippen LogP contribution is 2.27. The molecule has 6 rings (SSSR count). The van der Waals surface area contributed by atoms with E-state index in [4.69, 9.17) is 9.72 Å². The van der Waals surface area contributed by atoms with Gasteiger partial charge in [0.1, 0.15) is 23.6 Å². The molecule has 0 spiro atoms. The number of nitrogens with zero attached hydrogens (tertiary/aromatic N) is 6. The molecule has 1 amide bonds. The number of fused-ring (bicyclic) bond motifs is 1. The minimum atomic E-state index is -0.482. The van der Waals surface area contributed by atoms with E-state index in [-0.39, 0.29) is 6.09 Å². The van der Waals surface area contributed by atoms with Gasteiger partial charge in [-0.2, -0.15) is 0 Å². The molecular formula is C29H35N9O2. The quantitative estimate of drug-likeness (QED) is 0.303. The molecule has 2 fully saturated rings. The Morgan fingerprint density at radius 2 is 1.85 bits per heavy atom. The van der Waals surface area contributed by atoms with E-state index in [0.29, 0.717) is 25.1 Å². The van der Waals surface area contributed by atoms with Gasteiger partial charge in [0.25, 0.3) is 0 Å². The Morgan fingerprint density at radius 3 is 2.62 bits per heavy atom. The fraction of sp³-hybridized carbons (Fsp3) is 0.414. The van der Waals surface area contributed by atoms with Gasteiger partial charge in [-0.3, -0.25) is 4.90 Å². The number of aromatic amines is 1. The lowest BCUT2D eigenvalue weighted by molar-refractivity contribution is 0.0139. The normalized spacial score (nSPS) is 16.2. The van der Waals surface area contributed by atoms with Crippen molar-refractivity contribution in [2.45, 2.75) is 51.8 Å². The molecule has 1 aromatic carbocycles. The summed E-state index contributed by atoms with van der Waals surface area (Å²) in [5.41, 5.74) is 4.29. The lowest BCUT2D eigenvalue weighted by atomic mass is 10.1. The van der Waals surface area contributed by atoms with Crippen LogP contribution in [-0.2, 0) is 11.3 Å². The number of H-pyrrole nitrogens is 1. The van der Waals surface area contributed by atoms with Gasteiger partial charge in [-0.15, -0.1) is 0 Å². The molecule has 0 bridgehead atoms. The first-order valence-corrected chi connectivity index (χ1v) is 13.8. The Hall–Kier alpha value is -4.25. The van der Waals surface area contributed by atoms with Gasteiger partial charge in [0.15, 0.2) is 0 Å². The minimum absolute atomic E-state index is 0.243. The molecule has 3 aromatic heterocycles. The van der Waals surface area contributed by atoms with E-state index in [0.717, 1.165) is 59.1 Å². The van der Waals surface area contributed by atoms with Crippen LogP contribution in [0.5, 0.6) is 0 Å². The SMILES string of the molecule is CC(C)(C)OC(=O)N1CCN(Cc2ccnc(Nc3nc4ccc(-c5cc(NC6CC6)ncn5)cc4[nH]3)c2)CC1. The summed E-state index contributed by atoms with van der Waals surface area (Å²) in [5.74, 6) is 2.20. The summed E-state index contributed by atoms with van der Waals surface area (Å²) in [7, 11) is 0. The van der Waals surface area contributed by atoms with Crippen LogP contribution >= 0.6 is 0 Å². The zero-order valence-corrected chi connectivity index (χ0v) is 23.1. The number of anilines is 3. The summed E-state index contributed by atoms with van der Waals surface area (Å²) in [6.45, 7) is 9.34. The zero-order chi connectivity index (χ0) is 27.7. The van der Waals surface area contributed by atoms with E-state index >= 15 is 0 Å². The van der Waals surface area contributed by atoms with Crippen molar-refractivity contribution in [3.63, 3.8) is 0 Å². The van der Waals surface area contributed by atoms with Crippen LogP contribution in [0.4, 0.5) is 22.4 Å². The molecule has 3 N–H and O–H groups in total. The van der Waals surface area contributed by atoms with Crippen molar-refractivity contribution in [3.05, 3.63) is 54.5 Å². The number of imidazole rings is 1. The van der Waals surface area contributed by atoms with Gasteiger partial charge in [-0.05, 0) is 63.4 Å². The monoisotopic (exact) mass is 541 g/mol. The summed E-state index contributed by atoms with van der Waals surface area (Å²) >= 11 is 0. The number of pyridine rings is 1. The van der Waals surface area contributed by atoms with Gasteiger partial charge in [0, 0.05) is 56.6 Å². The highest BCUT2D eigenvalue weighted by Gasteiger charge is 2.26. The molecule has 2 aliphatic rings. The van der Waals surface area contributed by atoms with Crippen LogP contribution in [-0.4, -0.2) is 78.6 Å². The molecule has 4 heterocycles. The van der Waals surface area contributed by atoms with Crippen LogP contribution in [0.1, 0.15) is 39.2 Å². The Kier molecular flexibility index (Phi) is 6.97. The Morgan fingerprint density at radius 1 is 1.02 bits per heavy atom. The lowest BCUT2D eigenvalue weighted by Gasteiger charge is -2.35. The van der Waals surface area contributed by atoms with Gasteiger partial charge in [-0.1, -0.05) is 6.07 Å². The summed E-state index contributed by atoms with van der Waals surface area (Å²) in [6, 6.07) is 12.6. The molecule has 11 nitrogen and oxygen atoms in total. The first kappa shape index (κ1) is 26.0. The Balaban J connectivity index is 1.08. The second-order valence-electron chi connectivity index (χ2n) is 11.4. The molecule has 1 aliphatic carbocycles. The lowest BCUT2D eigenvalue weighted by Crippen LogP contribution is -2.49. The highest BCUT2D eigenvalue weighted by molar-refractivity contribution is 5.83. The van der Waals surface area contributed by atoms with Gasteiger partial charge < -0.3 is 25.3 Å². The molecule has 1 saturated heterocycles. The van der Waals surface area contributed by atoms with Crippen LogP contribution in [0, 0.1) is 0 Å². The van der Waals surface area contributed by atoms with Crippen molar-refractivity contribution < 1.29 is 9.53 Å². The van der Waals surface area contributed by atoms with Crippen LogP contribution in [0.2, 0.25) is 0 Å². The maximum atomic E-state index is 12.4. The molecule has 4 aromatic rings. The number of hydrogen-bond acceptors (Lipinski definition) is 9. The third-order valence-corrected chi connectivity index (χ3v) is 6.88. The maximum absolute atomic E-state index is 12.4. The van der Waals surface area contributed by atoms with Crippen molar-refractivity contribution >= 4 is 34.7 Å². The first-order valence-electron chi connectivity index (χ1n) is 13.8. The molecule has 11 heteroatoms. The number of aromatic nitrogens is 5. The van der Waals surface area contributed by atoms with Crippen LogP contribution in [0.15, 0.2) is 48.9 Å². The molecular weight excluding hydrogens is 506 g/mol. The summed E-state index contributed by atoms with van der Waals surface area (Å²) in [6.07, 6.45) is 5.55. The highest BCUT2D eigenvalue weighted by atomic mass is 16.6. The number of carbonyl (C=O) groups excluding carboxylic acids is 1. The van der Waals surface area contributed by atoms with Crippen molar-refractivity contribution in [3.8, 4) is 11.3 Å². The molecule has 1 aliphatic heterocycles. The molecule has 0 atom stereocenters. The van der Waals surface area contributed by atoms with Crippen LogP contribution < -0.4 is 10.6 Å². The van der Waals surface area contributed by atoms with E-state index in [1.165, 1.54) is 12.8 Å². The number of amides is 1. The number of rotatable bonds is 7. The number of carbonyl (C=O) groups is 1. The number of benzene rings is 1. The second kappa shape index (κ2) is 10.7. The third kappa shape index (κ3) is 6.48. The average molecular weight is 542 g/mol.